The molecule has 1 aromatic heterocycles. The minimum absolute atomic E-state index is 0.186. The second kappa shape index (κ2) is 9.05. The molecular weight excluding hydrogens is 466 g/mol. The number of pyridine rings is 1. The molecule has 2 amide bonds. The Labute approximate surface area is 186 Å². The number of amides is 2. The zero-order valence-electron chi connectivity index (χ0n) is 16.5. The Kier molecular flexibility index (Phi) is 6.03. The first-order chi connectivity index (χ1) is 15.0. The standard InChI is InChI=1S/C22H18BrN3O5/c1-29-19-10-17(26-21(27)14-4-6-24-7-5-14)15(9-16(19)23)22(28)25-11-13-2-3-18-20(8-13)31-12-30-18/h2-10H,11-12H2,1H3,(H,25,28)(H,26,27). The van der Waals surface area contributed by atoms with E-state index >= 15 is 0 Å². The van der Waals surface area contributed by atoms with E-state index in [1.807, 2.05) is 12.1 Å². The van der Waals surface area contributed by atoms with Gasteiger partial charge in [0.15, 0.2) is 11.5 Å². The van der Waals surface area contributed by atoms with Gasteiger partial charge in [-0.25, -0.2) is 0 Å². The molecule has 0 saturated carbocycles. The minimum atomic E-state index is -0.364. The number of nitrogens with zero attached hydrogens (tertiary/aromatic N) is 1. The van der Waals surface area contributed by atoms with Crippen molar-refractivity contribution in [2.45, 2.75) is 6.54 Å². The van der Waals surface area contributed by atoms with E-state index in [1.165, 1.54) is 19.5 Å². The van der Waals surface area contributed by atoms with Gasteiger partial charge in [-0.15, -0.1) is 0 Å². The summed E-state index contributed by atoms with van der Waals surface area (Å²) in [6, 6.07) is 11.8. The number of nitrogens with one attached hydrogen (secondary N) is 2. The lowest BCUT2D eigenvalue weighted by molar-refractivity contribution is 0.0951. The van der Waals surface area contributed by atoms with Crippen molar-refractivity contribution in [3.63, 3.8) is 0 Å². The van der Waals surface area contributed by atoms with Crippen molar-refractivity contribution in [1.29, 1.82) is 0 Å². The largest absolute Gasteiger partial charge is 0.495 e. The zero-order chi connectivity index (χ0) is 21.8. The van der Waals surface area contributed by atoms with Crippen molar-refractivity contribution in [3.8, 4) is 17.2 Å². The highest BCUT2D eigenvalue weighted by Crippen LogP contribution is 2.33. The van der Waals surface area contributed by atoms with Gasteiger partial charge in [-0.2, -0.15) is 0 Å². The molecule has 0 unspecified atom stereocenters. The third kappa shape index (κ3) is 4.61. The van der Waals surface area contributed by atoms with Crippen LogP contribution in [0.3, 0.4) is 0 Å². The predicted molar refractivity (Wildman–Crippen MR) is 117 cm³/mol. The van der Waals surface area contributed by atoms with Crippen LogP contribution in [-0.4, -0.2) is 30.7 Å². The van der Waals surface area contributed by atoms with Gasteiger partial charge in [0.1, 0.15) is 5.75 Å². The van der Waals surface area contributed by atoms with Crippen molar-refractivity contribution >= 4 is 33.4 Å². The summed E-state index contributed by atoms with van der Waals surface area (Å²) in [4.78, 5) is 29.5. The molecule has 0 bridgehead atoms. The molecule has 9 heteroatoms. The molecule has 0 radical (unpaired) electrons. The first-order valence-electron chi connectivity index (χ1n) is 9.31. The Morgan fingerprint density at radius 2 is 1.84 bits per heavy atom. The molecule has 0 spiro atoms. The summed E-state index contributed by atoms with van der Waals surface area (Å²) < 4.78 is 16.6. The van der Waals surface area contributed by atoms with Gasteiger partial charge in [-0.3, -0.25) is 14.6 Å². The van der Waals surface area contributed by atoms with E-state index < -0.39 is 0 Å². The van der Waals surface area contributed by atoms with Crippen LogP contribution >= 0.6 is 15.9 Å². The summed E-state index contributed by atoms with van der Waals surface area (Å²) >= 11 is 3.39. The summed E-state index contributed by atoms with van der Waals surface area (Å²) in [6.45, 7) is 0.461. The monoisotopic (exact) mass is 483 g/mol. The second-order valence-corrected chi connectivity index (χ2v) is 7.45. The van der Waals surface area contributed by atoms with Crippen LogP contribution in [0.15, 0.2) is 59.3 Å². The lowest BCUT2D eigenvalue weighted by atomic mass is 10.1. The van der Waals surface area contributed by atoms with Crippen LogP contribution in [-0.2, 0) is 6.54 Å². The SMILES string of the molecule is COc1cc(NC(=O)c2ccncc2)c(C(=O)NCc2ccc3c(c2)OCO3)cc1Br. The molecule has 8 nitrogen and oxygen atoms in total. The molecule has 0 aliphatic carbocycles. The first-order valence-corrected chi connectivity index (χ1v) is 10.1. The van der Waals surface area contributed by atoms with E-state index in [4.69, 9.17) is 14.2 Å². The van der Waals surface area contributed by atoms with Crippen molar-refractivity contribution in [3.05, 3.63) is 76.0 Å². The highest BCUT2D eigenvalue weighted by Gasteiger charge is 2.19. The maximum atomic E-state index is 13.0. The summed E-state index contributed by atoms with van der Waals surface area (Å²) in [5.74, 6) is 1.08. The van der Waals surface area contributed by atoms with Crippen molar-refractivity contribution in [2.75, 3.05) is 19.2 Å². The lowest BCUT2D eigenvalue weighted by Gasteiger charge is -2.15. The smallest absolute Gasteiger partial charge is 0.255 e. The van der Waals surface area contributed by atoms with Gasteiger partial charge in [0.05, 0.1) is 22.8 Å². The zero-order valence-corrected chi connectivity index (χ0v) is 18.1. The Morgan fingerprint density at radius 1 is 1.06 bits per heavy atom. The number of carbonyl (C=O) groups excluding carboxylic acids is 2. The van der Waals surface area contributed by atoms with E-state index in [9.17, 15) is 9.59 Å². The van der Waals surface area contributed by atoms with Crippen LogP contribution in [0.1, 0.15) is 26.3 Å². The number of halogens is 1. The van der Waals surface area contributed by atoms with Crippen LogP contribution in [0.5, 0.6) is 17.2 Å². The molecule has 0 saturated heterocycles. The third-order valence-electron chi connectivity index (χ3n) is 4.62. The average molecular weight is 484 g/mol. The highest BCUT2D eigenvalue weighted by atomic mass is 79.9. The Hall–Kier alpha value is -3.59. The lowest BCUT2D eigenvalue weighted by Crippen LogP contribution is -2.25. The van der Waals surface area contributed by atoms with Gasteiger partial charge < -0.3 is 24.8 Å². The number of hydrogen-bond acceptors (Lipinski definition) is 6. The fourth-order valence-electron chi connectivity index (χ4n) is 3.03. The molecule has 158 valence electrons. The second-order valence-electron chi connectivity index (χ2n) is 6.59. The van der Waals surface area contributed by atoms with Gasteiger partial charge >= 0.3 is 0 Å². The molecule has 1 aliphatic rings. The van der Waals surface area contributed by atoms with Gasteiger partial charge in [-0.1, -0.05) is 6.07 Å². The molecule has 2 aromatic carbocycles. The van der Waals surface area contributed by atoms with E-state index in [1.54, 1.807) is 30.3 Å². The number of benzene rings is 2. The molecule has 3 aromatic rings. The number of carbonyl (C=O) groups is 2. The molecule has 31 heavy (non-hydrogen) atoms. The number of aromatic nitrogens is 1. The fraction of sp³-hybridized carbons (Fsp3) is 0.136. The number of hydrogen-bond donors (Lipinski definition) is 2. The predicted octanol–water partition coefficient (Wildman–Crippen LogP) is 3.76. The van der Waals surface area contributed by atoms with Gasteiger partial charge in [0.25, 0.3) is 11.8 Å². The number of rotatable bonds is 6. The number of ether oxygens (including phenoxy) is 3. The average Bonchev–Trinajstić information content (AvgIpc) is 3.26. The Bertz CT molecular complexity index is 1140. The van der Waals surface area contributed by atoms with Crippen molar-refractivity contribution in [1.82, 2.24) is 10.3 Å². The summed E-state index contributed by atoms with van der Waals surface area (Å²) in [5.41, 5.74) is 1.89. The first kappa shape index (κ1) is 20.7. The van der Waals surface area contributed by atoms with Crippen LogP contribution in [0, 0.1) is 0 Å². The van der Waals surface area contributed by atoms with Crippen LogP contribution in [0.4, 0.5) is 5.69 Å². The van der Waals surface area contributed by atoms with Crippen LogP contribution < -0.4 is 24.8 Å². The highest BCUT2D eigenvalue weighted by molar-refractivity contribution is 9.10. The van der Waals surface area contributed by atoms with E-state index in [-0.39, 0.29) is 30.7 Å². The van der Waals surface area contributed by atoms with Crippen molar-refractivity contribution < 1.29 is 23.8 Å². The van der Waals surface area contributed by atoms with E-state index in [2.05, 4.69) is 31.5 Å². The summed E-state index contributed by atoms with van der Waals surface area (Å²) in [7, 11) is 1.51. The Morgan fingerprint density at radius 3 is 2.61 bits per heavy atom. The molecule has 0 fully saturated rings. The molecule has 4 rings (SSSR count). The van der Waals surface area contributed by atoms with Crippen molar-refractivity contribution in [2.24, 2.45) is 0 Å². The number of fused-ring (bicyclic) bond motifs is 1. The molecule has 1 aliphatic heterocycles. The fourth-order valence-corrected chi connectivity index (χ4v) is 3.53. The molecular formula is C22H18BrN3O5. The number of methoxy groups -OCH3 is 1. The summed E-state index contributed by atoms with van der Waals surface area (Å²) in [6.07, 6.45) is 3.05. The van der Waals surface area contributed by atoms with Gasteiger partial charge in [0.2, 0.25) is 6.79 Å². The molecule has 0 atom stereocenters. The third-order valence-corrected chi connectivity index (χ3v) is 5.24. The number of anilines is 1. The van der Waals surface area contributed by atoms with Gasteiger partial charge in [0, 0.05) is 30.6 Å². The Balaban J connectivity index is 1.55. The maximum absolute atomic E-state index is 13.0. The van der Waals surface area contributed by atoms with Crippen LogP contribution in [0.25, 0.3) is 0 Å². The molecule has 2 heterocycles. The van der Waals surface area contributed by atoms with Crippen LogP contribution in [0.2, 0.25) is 0 Å². The van der Waals surface area contributed by atoms with E-state index in [0.29, 0.717) is 33.0 Å². The maximum Gasteiger partial charge on any atom is 0.255 e. The quantitative estimate of drug-likeness (QED) is 0.553. The van der Waals surface area contributed by atoms with Gasteiger partial charge in [-0.05, 0) is 51.8 Å². The summed E-state index contributed by atoms with van der Waals surface area (Å²) in [5, 5.41) is 5.64. The minimum Gasteiger partial charge on any atom is -0.495 e. The normalized spacial score (nSPS) is 11.7. The molecule has 2 N–H and O–H groups in total. The van der Waals surface area contributed by atoms with E-state index in [0.717, 1.165) is 5.56 Å². The topological polar surface area (TPSA) is 98.8 Å².